The van der Waals surface area contributed by atoms with Gasteiger partial charge >= 0.3 is 0 Å². The minimum atomic E-state index is -0.975. The van der Waals surface area contributed by atoms with Crippen molar-refractivity contribution in [2.45, 2.75) is 32.4 Å². The number of benzene rings is 1. The fourth-order valence-corrected chi connectivity index (χ4v) is 2.58. The Labute approximate surface area is 140 Å². The first-order valence-corrected chi connectivity index (χ1v) is 8.72. The van der Waals surface area contributed by atoms with Gasteiger partial charge in [0.05, 0.1) is 0 Å². The lowest BCUT2D eigenvalue weighted by atomic mass is 10.2. The number of hydrogen-bond acceptors (Lipinski definition) is 3. The van der Waals surface area contributed by atoms with Crippen LogP contribution < -0.4 is 10.6 Å². The molecule has 0 spiro atoms. The van der Waals surface area contributed by atoms with Crippen molar-refractivity contribution in [1.82, 2.24) is 5.32 Å². The molecule has 2 amide bonds. The lowest BCUT2D eigenvalue weighted by Crippen LogP contribution is -2.31. The molecule has 0 radical (unpaired) electrons. The van der Waals surface area contributed by atoms with E-state index in [0.29, 0.717) is 18.0 Å². The van der Waals surface area contributed by atoms with Gasteiger partial charge in [0, 0.05) is 46.5 Å². The fourth-order valence-electron chi connectivity index (χ4n) is 1.68. The molecule has 0 aliphatic rings. The van der Waals surface area contributed by atoms with Gasteiger partial charge in [-0.15, -0.1) is 0 Å². The zero-order valence-corrected chi connectivity index (χ0v) is 14.8. The average molecular weight is 336 g/mol. The molecule has 0 aliphatic carbocycles. The van der Waals surface area contributed by atoms with E-state index in [2.05, 4.69) is 10.6 Å². The quantitative estimate of drug-likeness (QED) is 0.783. The molecule has 0 heterocycles. The Kier molecular flexibility index (Phi) is 7.16. The number of amides is 2. The summed E-state index contributed by atoms with van der Waals surface area (Å²) in [6.07, 6.45) is 3.13. The van der Waals surface area contributed by atoms with Gasteiger partial charge in [-0.05, 0) is 44.5 Å². The molecular formula is C17H24N2O3S. The Hall–Kier alpha value is -1.95. The molecule has 0 aliphatic heterocycles. The molecule has 1 aromatic carbocycles. The van der Waals surface area contributed by atoms with Crippen molar-refractivity contribution in [3.8, 4) is 0 Å². The molecule has 1 aromatic rings. The molecule has 1 atom stereocenters. The summed E-state index contributed by atoms with van der Waals surface area (Å²) in [6.45, 7) is 7.57. The largest absolute Gasteiger partial charge is 0.352 e. The van der Waals surface area contributed by atoms with Gasteiger partial charge < -0.3 is 10.6 Å². The molecule has 0 unspecified atom stereocenters. The maximum Gasteiger partial charge on any atom is 0.244 e. The van der Waals surface area contributed by atoms with E-state index in [1.165, 1.54) is 13.0 Å². The third kappa shape index (κ3) is 7.74. The van der Waals surface area contributed by atoms with Gasteiger partial charge in [0.15, 0.2) is 0 Å². The normalized spacial score (nSPS) is 12.9. The van der Waals surface area contributed by atoms with E-state index in [1.807, 2.05) is 32.9 Å². The lowest BCUT2D eigenvalue weighted by molar-refractivity contribution is -0.116. The molecule has 0 saturated heterocycles. The molecule has 0 bridgehead atoms. The zero-order valence-electron chi connectivity index (χ0n) is 14.0. The highest BCUT2D eigenvalue weighted by molar-refractivity contribution is 7.86. The van der Waals surface area contributed by atoms with Crippen LogP contribution in [-0.4, -0.2) is 33.1 Å². The molecule has 5 nitrogen and oxygen atoms in total. The van der Waals surface area contributed by atoms with Crippen molar-refractivity contribution in [1.29, 1.82) is 0 Å². The molecule has 0 aromatic heterocycles. The van der Waals surface area contributed by atoms with E-state index in [0.717, 1.165) is 5.56 Å². The number of carbonyl (C=O) groups is 2. The topological polar surface area (TPSA) is 75.3 Å². The average Bonchev–Trinajstić information content (AvgIpc) is 2.45. The van der Waals surface area contributed by atoms with Crippen LogP contribution in [0, 0.1) is 0 Å². The van der Waals surface area contributed by atoms with Crippen molar-refractivity contribution in [3.63, 3.8) is 0 Å². The zero-order chi connectivity index (χ0) is 17.5. The van der Waals surface area contributed by atoms with Crippen LogP contribution in [0.25, 0.3) is 6.08 Å². The Bertz CT molecular complexity index is 601. The number of rotatable bonds is 6. The maximum atomic E-state index is 11.8. The number of nitrogens with one attached hydrogen (secondary N) is 2. The molecule has 1 rings (SSSR count). The summed E-state index contributed by atoms with van der Waals surface area (Å²) in [7, 11) is -0.975. The van der Waals surface area contributed by atoms with Gasteiger partial charge in [0.1, 0.15) is 0 Å². The van der Waals surface area contributed by atoms with Crippen molar-refractivity contribution in [3.05, 3.63) is 35.9 Å². The van der Waals surface area contributed by atoms with Crippen LogP contribution in [0.3, 0.4) is 0 Å². The molecule has 6 heteroatoms. The van der Waals surface area contributed by atoms with Gasteiger partial charge in [-0.2, -0.15) is 0 Å². The molecule has 2 N–H and O–H groups in total. The number of anilines is 1. The molecule has 0 fully saturated rings. The molecule has 126 valence electrons. The van der Waals surface area contributed by atoms with Crippen LogP contribution in [-0.2, 0) is 20.4 Å². The first-order valence-electron chi connectivity index (χ1n) is 7.40. The van der Waals surface area contributed by atoms with Crippen LogP contribution in [0.4, 0.5) is 5.69 Å². The van der Waals surface area contributed by atoms with Crippen molar-refractivity contribution < 1.29 is 13.8 Å². The minimum absolute atomic E-state index is 0.125. The second-order valence-electron chi connectivity index (χ2n) is 6.09. The summed E-state index contributed by atoms with van der Waals surface area (Å²) in [5, 5.41) is 5.39. The van der Waals surface area contributed by atoms with E-state index in [-0.39, 0.29) is 16.6 Å². The third-order valence-electron chi connectivity index (χ3n) is 2.93. The van der Waals surface area contributed by atoms with Gasteiger partial charge in [-0.25, -0.2) is 0 Å². The second kappa shape index (κ2) is 8.62. The maximum absolute atomic E-state index is 11.8. The van der Waals surface area contributed by atoms with Crippen molar-refractivity contribution >= 4 is 34.4 Å². The van der Waals surface area contributed by atoms with Crippen LogP contribution in [0.5, 0.6) is 0 Å². The monoisotopic (exact) mass is 336 g/mol. The van der Waals surface area contributed by atoms with E-state index >= 15 is 0 Å². The smallest absolute Gasteiger partial charge is 0.244 e. The van der Waals surface area contributed by atoms with Gasteiger partial charge in [0.2, 0.25) is 11.8 Å². The molecule has 23 heavy (non-hydrogen) atoms. The number of hydrogen-bond donors (Lipinski definition) is 2. The Morgan fingerprint density at radius 1 is 1.17 bits per heavy atom. The fraction of sp³-hybridized carbons (Fsp3) is 0.412. The first-order chi connectivity index (χ1) is 10.7. The minimum Gasteiger partial charge on any atom is -0.352 e. The van der Waals surface area contributed by atoms with Crippen LogP contribution >= 0.6 is 0 Å². The highest BCUT2D eigenvalue weighted by atomic mass is 32.2. The molecule has 0 saturated carbocycles. The van der Waals surface area contributed by atoms with Gasteiger partial charge in [-0.3, -0.25) is 13.8 Å². The standard InChI is InChI=1S/C17H24N2O3S/c1-13(20)19-15-8-5-14(6-9-15)7-10-16(21)18-11-12-23(22)17(2,3)4/h5-10H,11-12H2,1-4H3,(H,18,21)(H,19,20)/b10-7+/t23-/m0/s1. The van der Waals surface area contributed by atoms with Gasteiger partial charge in [-0.1, -0.05) is 12.1 Å². The lowest BCUT2D eigenvalue weighted by Gasteiger charge is -2.17. The van der Waals surface area contributed by atoms with Crippen LogP contribution in [0.1, 0.15) is 33.3 Å². The Balaban J connectivity index is 2.43. The summed E-state index contributed by atoms with van der Waals surface area (Å²) in [5.41, 5.74) is 1.57. The Morgan fingerprint density at radius 2 is 1.78 bits per heavy atom. The summed E-state index contributed by atoms with van der Waals surface area (Å²) < 4.78 is 11.6. The summed E-state index contributed by atoms with van der Waals surface area (Å²) >= 11 is 0. The summed E-state index contributed by atoms with van der Waals surface area (Å²) in [6, 6.07) is 7.16. The van der Waals surface area contributed by atoms with E-state index in [9.17, 15) is 13.8 Å². The predicted octanol–water partition coefficient (Wildman–Crippen LogP) is 2.32. The van der Waals surface area contributed by atoms with Crippen molar-refractivity contribution in [2.24, 2.45) is 0 Å². The second-order valence-corrected chi connectivity index (χ2v) is 8.41. The third-order valence-corrected chi connectivity index (χ3v) is 4.87. The van der Waals surface area contributed by atoms with E-state index < -0.39 is 10.8 Å². The number of carbonyl (C=O) groups excluding carboxylic acids is 2. The van der Waals surface area contributed by atoms with Crippen molar-refractivity contribution in [2.75, 3.05) is 17.6 Å². The highest BCUT2D eigenvalue weighted by Gasteiger charge is 2.18. The SMILES string of the molecule is CC(=O)Nc1ccc(/C=C/C(=O)NCC[S@](=O)C(C)(C)C)cc1. The van der Waals surface area contributed by atoms with E-state index in [4.69, 9.17) is 0 Å². The summed E-state index contributed by atoms with van der Waals surface area (Å²) in [4.78, 5) is 22.6. The van der Waals surface area contributed by atoms with E-state index in [1.54, 1.807) is 18.2 Å². The first kappa shape index (κ1) is 19.1. The summed E-state index contributed by atoms with van der Waals surface area (Å²) in [5.74, 6) is 0.0938. The predicted molar refractivity (Wildman–Crippen MR) is 95.6 cm³/mol. The molecular weight excluding hydrogens is 312 g/mol. The van der Waals surface area contributed by atoms with Crippen LogP contribution in [0.2, 0.25) is 0 Å². The highest BCUT2D eigenvalue weighted by Crippen LogP contribution is 2.11. The van der Waals surface area contributed by atoms with Crippen LogP contribution in [0.15, 0.2) is 30.3 Å². The van der Waals surface area contributed by atoms with Gasteiger partial charge in [0.25, 0.3) is 0 Å². The Morgan fingerprint density at radius 3 is 2.30 bits per heavy atom.